The summed E-state index contributed by atoms with van der Waals surface area (Å²) in [5, 5.41) is 3.33. The molecule has 0 amide bonds. The van der Waals surface area contributed by atoms with Crippen LogP contribution in [0, 0.1) is 11.8 Å². The lowest BCUT2D eigenvalue weighted by atomic mass is 9.99. The quantitative estimate of drug-likeness (QED) is 0.252. The molecule has 3 rings (SSSR count). The Balaban J connectivity index is 0.00000341. The molecule has 0 bridgehead atoms. The van der Waals surface area contributed by atoms with Gasteiger partial charge in [0.15, 0.2) is 5.96 Å². The van der Waals surface area contributed by atoms with E-state index in [1.807, 2.05) is 49.4 Å². The van der Waals surface area contributed by atoms with Crippen molar-refractivity contribution in [3.8, 4) is 5.88 Å². The fourth-order valence-electron chi connectivity index (χ4n) is 3.58. The average Bonchev–Trinajstić information content (AvgIpc) is 3.17. The van der Waals surface area contributed by atoms with Gasteiger partial charge in [-0.05, 0) is 24.5 Å². The Morgan fingerprint density at radius 1 is 1.23 bits per heavy atom. The standard InChI is InChI=1S/C23H30N4O3.HI/c1-4-24-23(27-14-17(2)20(15-27)22(28)29-3)26-13-19-11-8-12-25-21(19)30-16-18-9-6-5-7-10-18;/h5-12,17,20H,4,13-16H2,1-3H3,(H,24,26);1H. The van der Waals surface area contributed by atoms with Crippen LogP contribution in [0.4, 0.5) is 0 Å². The highest BCUT2D eigenvalue weighted by Gasteiger charge is 2.36. The molecule has 1 aromatic carbocycles. The first-order valence-electron chi connectivity index (χ1n) is 10.3. The predicted molar refractivity (Wildman–Crippen MR) is 131 cm³/mol. The van der Waals surface area contributed by atoms with E-state index in [2.05, 4.69) is 22.1 Å². The lowest BCUT2D eigenvalue weighted by Gasteiger charge is -2.21. The summed E-state index contributed by atoms with van der Waals surface area (Å²) in [7, 11) is 1.44. The fourth-order valence-corrected chi connectivity index (χ4v) is 3.58. The number of carbonyl (C=O) groups excluding carboxylic acids is 1. The first-order chi connectivity index (χ1) is 14.6. The van der Waals surface area contributed by atoms with E-state index < -0.39 is 0 Å². The number of aliphatic imine (C=N–C) groups is 1. The van der Waals surface area contributed by atoms with Crippen molar-refractivity contribution in [3.05, 3.63) is 59.8 Å². The van der Waals surface area contributed by atoms with Gasteiger partial charge in [0.2, 0.25) is 5.88 Å². The normalized spacial score (nSPS) is 18.3. The van der Waals surface area contributed by atoms with Gasteiger partial charge < -0.3 is 19.7 Å². The van der Waals surface area contributed by atoms with Crippen LogP contribution >= 0.6 is 24.0 Å². The highest BCUT2D eigenvalue weighted by atomic mass is 127. The van der Waals surface area contributed by atoms with Crippen LogP contribution in [0.5, 0.6) is 5.88 Å². The maximum Gasteiger partial charge on any atom is 0.310 e. The van der Waals surface area contributed by atoms with Crippen molar-refractivity contribution in [2.75, 3.05) is 26.7 Å². The van der Waals surface area contributed by atoms with Crippen LogP contribution in [0.3, 0.4) is 0 Å². The molecule has 0 saturated carbocycles. The molecule has 31 heavy (non-hydrogen) atoms. The number of guanidine groups is 1. The van der Waals surface area contributed by atoms with Gasteiger partial charge in [-0.2, -0.15) is 0 Å². The Labute approximate surface area is 201 Å². The van der Waals surface area contributed by atoms with Crippen LogP contribution in [-0.4, -0.2) is 48.6 Å². The third-order valence-electron chi connectivity index (χ3n) is 5.22. The summed E-state index contributed by atoms with van der Waals surface area (Å²) in [6.07, 6.45) is 1.72. The zero-order valence-corrected chi connectivity index (χ0v) is 20.6. The summed E-state index contributed by atoms with van der Waals surface area (Å²) in [6, 6.07) is 13.9. The summed E-state index contributed by atoms with van der Waals surface area (Å²) >= 11 is 0. The van der Waals surface area contributed by atoms with Crippen LogP contribution < -0.4 is 10.1 Å². The average molecular weight is 538 g/mol. The van der Waals surface area contributed by atoms with Gasteiger partial charge in [-0.1, -0.05) is 43.3 Å². The van der Waals surface area contributed by atoms with E-state index in [1.165, 1.54) is 7.11 Å². The molecule has 8 heteroatoms. The Morgan fingerprint density at radius 3 is 2.71 bits per heavy atom. The van der Waals surface area contributed by atoms with Crippen molar-refractivity contribution in [2.45, 2.75) is 27.0 Å². The van der Waals surface area contributed by atoms with Crippen molar-refractivity contribution in [1.29, 1.82) is 0 Å². The molecule has 1 saturated heterocycles. The molecule has 0 aliphatic carbocycles. The summed E-state index contributed by atoms with van der Waals surface area (Å²) < 4.78 is 10.9. The number of hydrogen-bond acceptors (Lipinski definition) is 5. The molecule has 1 fully saturated rings. The van der Waals surface area contributed by atoms with E-state index in [-0.39, 0.29) is 41.8 Å². The number of benzene rings is 1. The van der Waals surface area contributed by atoms with Gasteiger partial charge in [-0.15, -0.1) is 24.0 Å². The smallest absolute Gasteiger partial charge is 0.310 e. The van der Waals surface area contributed by atoms with E-state index >= 15 is 0 Å². The highest BCUT2D eigenvalue weighted by molar-refractivity contribution is 14.0. The van der Waals surface area contributed by atoms with Gasteiger partial charge in [0.05, 0.1) is 19.6 Å². The molecule has 1 aliphatic heterocycles. The van der Waals surface area contributed by atoms with Crippen LogP contribution in [-0.2, 0) is 22.7 Å². The molecule has 2 atom stereocenters. The molecule has 0 radical (unpaired) electrons. The summed E-state index contributed by atoms with van der Waals surface area (Å²) in [6.45, 7) is 7.11. The third kappa shape index (κ3) is 6.81. The zero-order chi connectivity index (χ0) is 21.3. The number of likely N-dealkylation sites (tertiary alicyclic amines) is 1. The molecule has 168 valence electrons. The van der Waals surface area contributed by atoms with E-state index in [1.54, 1.807) is 6.20 Å². The molecule has 2 heterocycles. The van der Waals surface area contributed by atoms with Gasteiger partial charge in [0.1, 0.15) is 6.61 Å². The highest BCUT2D eigenvalue weighted by Crippen LogP contribution is 2.24. The molecule has 2 aromatic rings. The van der Waals surface area contributed by atoms with Crippen LogP contribution in [0.1, 0.15) is 25.0 Å². The monoisotopic (exact) mass is 538 g/mol. The number of methoxy groups -OCH3 is 1. The van der Waals surface area contributed by atoms with E-state index in [9.17, 15) is 4.79 Å². The number of nitrogens with zero attached hydrogens (tertiary/aromatic N) is 3. The largest absolute Gasteiger partial charge is 0.473 e. The van der Waals surface area contributed by atoms with Gasteiger partial charge in [-0.25, -0.2) is 9.98 Å². The Kier molecular flexibility index (Phi) is 10.0. The molecule has 1 aromatic heterocycles. The lowest BCUT2D eigenvalue weighted by Crippen LogP contribution is -2.40. The molecular formula is C23H31IN4O3. The Hall–Kier alpha value is -2.36. The topological polar surface area (TPSA) is 76.1 Å². The molecule has 0 spiro atoms. The van der Waals surface area contributed by atoms with E-state index in [0.717, 1.165) is 30.2 Å². The maximum atomic E-state index is 12.0. The van der Waals surface area contributed by atoms with Crippen molar-refractivity contribution in [1.82, 2.24) is 15.2 Å². The summed E-state index contributed by atoms with van der Waals surface area (Å²) in [4.78, 5) is 23.3. The summed E-state index contributed by atoms with van der Waals surface area (Å²) in [5.74, 6) is 1.29. The minimum atomic E-state index is -0.162. The fraction of sp³-hybridized carbons (Fsp3) is 0.435. The minimum absolute atomic E-state index is 0. The van der Waals surface area contributed by atoms with Gasteiger partial charge in [0.25, 0.3) is 0 Å². The van der Waals surface area contributed by atoms with Crippen molar-refractivity contribution in [3.63, 3.8) is 0 Å². The molecular weight excluding hydrogens is 507 g/mol. The minimum Gasteiger partial charge on any atom is -0.473 e. The number of rotatable bonds is 7. The van der Waals surface area contributed by atoms with E-state index in [4.69, 9.17) is 14.5 Å². The van der Waals surface area contributed by atoms with Crippen LogP contribution in [0.15, 0.2) is 53.7 Å². The maximum absolute atomic E-state index is 12.0. The van der Waals surface area contributed by atoms with Crippen molar-refractivity contribution < 1.29 is 14.3 Å². The number of nitrogens with one attached hydrogen (secondary N) is 1. The zero-order valence-electron chi connectivity index (χ0n) is 18.3. The molecule has 2 unspecified atom stereocenters. The first kappa shape index (κ1) is 24.9. The van der Waals surface area contributed by atoms with Gasteiger partial charge in [0, 0.05) is 31.4 Å². The summed E-state index contributed by atoms with van der Waals surface area (Å²) in [5.41, 5.74) is 2.01. The number of aromatic nitrogens is 1. The first-order valence-corrected chi connectivity index (χ1v) is 10.3. The van der Waals surface area contributed by atoms with Crippen LogP contribution in [0.25, 0.3) is 0 Å². The Bertz CT molecular complexity index is 863. The van der Waals surface area contributed by atoms with E-state index in [0.29, 0.717) is 25.6 Å². The predicted octanol–water partition coefficient (Wildman–Crippen LogP) is 3.49. The van der Waals surface area contributed by atoms with Crippen molar-refractivity contribution >= 4 is 35.9 Å². The second kappa shape index (κ2) is 12.5. The number of carbonyl (C=O) groups is 1. The Morgan fingerprint density at radius 2 is 2.00 bits per heavy atom. The number of halogens is 1. The number of ether oxygens (including phenoxy) is 2. The molecule has 1 aliphatic rings. The molecule has 1 N–H and O–H groups in total. The van der Waals surface area contributed by atoms with Crippen LogP contribution in [0.2, 0.25) is 0 Å². The van der Waals surface area contributed by atoms with Gasteiger partial charge >= 0.3 is 5.97 Å². The second-order valence-corrected chi connectivity index (χ2v) is 7.42. The van der Waals surface area contributed by atoms with Gasteiger partial charge in [-0.3, -0.25) is 4.79 Å². The molecule has 7 nitrogen and oxygen atoms in total. The second-order valence-electron chi connectivity index (χ2n) is 7.42. The SMILES string of the molecule is CCNC(=NCc1cccnc1OCc1ccccc1)N1CC(C)C(C(=O)OC)C1.I. The van der Waals surface area contributed by atoms with Crippen molar-refractivity contribution in [2.24, 2.45) is 16.8 Å². The third-order valence-corrected chi connectivity index (χ3v) is 5.22. The number of pyridine rings is 1. The lowest BCUT2D eigenvalue weighted by molar-refractivity contribution is -0.145. The number of esters is 1. The number of hydrogen-bond donors (Lipinski definition) is 1.